The summed E-state index contributed by atoms with van der Waals surface area (Å²) in [6.45, 7) is 0.860. The number of nitrogens with one attached hydrogen (secondary N) is 1. The summed E-state index contributed by atoms with van der Waals surface area (Å²) in [4.78, 5) is 11.0. The van der Waals surface area contributed by atoms with E-state index in [1.54, 1.807) is 13.1 Å². The minimum Gasteiger partial charge on any atom is -0.493 e. The van der Waals surface area contributed by atoms with Crippen molar-refractivity contribution in [1.82, 2.24) is 5.32 Å². The van der Waals surface area contributed by atoms with Gasteiger partial charge in [-0.25, -0.2) is 4.39 Å². The molecule has 1 aromatic carbocycles. The molecule has 0 saturated heterocycles. The molecule has 0 spiro atoms. The Morgan fingerprint density at radius 3 is 2.89 bits per heavy atom. The number of hydrogen-bond donors (Lipinski definition) is 2. The molecule has 0 bridgehead atoms. The lowest BCUT2D eigenvalue weighted by atomic mass is 10.1. The molecule has 0 aromatic heterocycles. The topological polar surface area (TPSA) is 64.3 Å². The highest BCUT2D eigenvalue weighted by molar-refractivity contribution is 5.75. The Labute approximate surface area is 106 Å². The molecule has 5 heteroatoms. The van der Waals surface area contributed by atoms with Crippen LogP contribution in [0.1, 0.15) is 18.4 Å². The molecule has 3 N–H and O–H groups in total. The summed E-state index contributed by atoms with van der Waals surface area (Å²) >= 11 is 0. The van der Waals surface area contributed by atoms with Crippen LogP contribution in [0.5, 0.6) is 5.75 Å². The highest BCUT2D eigenvalue weighted by Gasteiger charge is 2.03. The smallest absolute Gasteiger partial charge is 0.219 e. The minimum absolute atomic E-state index is 0.0262. The van der Waals surface area contributed by atoms with E-state index in [2.05, 4.69) is 5.32 Å². The first-order chi connectivity index (χ1) is 8.65. The van der Waals surface area contributed by atoms with Gasteiger partial charge in [0.1, 0.15) is 11.6 Å². The van der Waals surface area contributed by atoms with Gasteiger partial charge in [0.2, 0.25) is 5.91 Å². The molecule has 0 fully saturated rings. The monoisotopic (exact) mass is 254 g/mol. The molecule has 1 aromatic rings. The predicted octanol–water partition coefficient (Wildman–Crippen LogP) is 1.23. The molecule has 18 heavy (non-hydrogen) atoms. The van der Waals surface area contributed by atoms with Gasteiger partial charge in [-0.15, -0.1) is 0 Å². The first-order valence-electron chi connectivity index (χ1n) is 5.98. The number of carbonyl (C=O) groups is 1. The van der Waals surface area contributed by atoms with Gasteiger partial charge in [0.05, 0.1) is 6.61 Å². The lowest BCUT2D eigenvalue weighted by Gasteiger charge is -2.08. The Kier molecular flexibility index (Phi) is 6.14. The van der Waals surface area contributed by atoms with Crippen LogP contribution in [0.15, 0.2) is 18.2 Å². The van der Waals surface area contributed by atoms with Crippen LogP contribution in [-0.2, 0) is 11.2 Å². The van der Waals surface area contributed by atoms with E-state index in [9.17, 15) is 9.18 Å². The second-order valence-electron chi connectivity index (χ2n) is 3.96. The number of benzene rings is 1. The molecule has 0 aliphatic carbocycles. The Morgan fingerprint density at radius 1 is 1.44 bits per heavy atom. The molecule has 0 heterocycles. The summed E-state index contributed by atoms with van der Waals surface area (Å²) < 4.78 is 18.7. The van der Waals surface area contributed by atoms with Crippen LogP contribution in [0, 0.1) is 5.82 Å². The van der Waals surface area contributed by atoms with Crippen molar-refractivity contribution in [2.24, 2.45) is 5.73 Å². The molecule has 0 aliphatic rings. The van der Waals surface area contributed by atoms with Gasteiger partial charge >= 0.3 is 0 Å². The Bertz CT molecular complexity index is 397. The van der Waals surface area contributed by atoms with E-state index < -0.39 is 0 Å². The maximum absolute atomic E-state index is 13.3. The summed E-state index contributed by atoms with van der Waals surface area (Å²) in [7, 11) is 1.59. The van der Waals surface area contributed by atoms with E-state index in [0.717, 1.165) is 5.56 Å². The molecule has 0 radical (unpaired) electrons. The first kappa shape index (κ1) is 14.4. The van der Waals surface area contributed by atoms with Crippen LogP contribution in [0.2, 0.25) is 0 Å². The summed E-state index contributed by atoms with van der Waals surface area (Å²) in [6, 6.07) is 4.56. The zero-order valence-electron chi connectivity index (χ0n) is 10.5. The van der Waals surface area contributed by atoms with E-state index in [4.69, 9.17) is 10.5 Å². The largest absolute Gasteiger partial charge is 0.493 e. The number of halogens is 1. The molecule has 0 unspecified atom stereocenters. The van der Waals surface area contributed by atoms with Crippen molar-refractivity contribution in [2.45, 2.75) is 19.3 Å². The Balaban J connectivity index is 2.44. The van der Waals surface area contributed by atoms with Crippen molar-refractivity contribution in [3.05, 3.63) is 29.6 Å². The summed E-state index contributed by atoms with van der Waals surface area (Å²) in [5.41, 5.74) is 6.24. The molecular weight excluding hydrogens is 235 g/mol. The zero-order chi connectivity index (χ0) is 13.4. The van der Waals surface area contributed by atoms with Gasteiger partial charge in [-0.1, -0.05) is 0 Å². The fourth-order valence-corrected chi connectivity index (χ4v) is 1.56. The van der Waals surface area contributed by atoms with E-state index in [-0.39, 0.29) is 11.7 Å². The van der Waals surface area contributed by atoms with Crippen LogP contribution in [-0.4, -0.2) is 26.1 Å². The summed E-state index contributed by atoms with van der Waals surface area (Å²) in [6.07, 6.45) is 1.62. The molecule has 100 valence electrons. The van der Waals surface area contributed by atoms with Crippen molar-refractivity contribution in [2.75, 3.05) is 20.2 Å². The van der Waals surface area contributed by atoms with Crippen molar-refractivity contribution >= 4 is 5.91 Å². The van der Waals surface area contributed by atoms with Gasteiger partial charge in [-0.2, -0.15) is 0 Å². The van der Waals surface area contributed by atoms with E-state index in [1.807, 2.05) is 0 Å². The van der Waals surface area contributed by atoms with Crippen LogP contribution in [0.3, 0.4) is 0 Å². The Hall–Kier alpha value is -1.62. The van der Waals surface area contributed by atoms with Gasteiger partial charge in [0, 0.05) is 19.5 Å². The van der Waals surface area contributed by atoms with E-state index in [0.29, 0.717) is 38.2 Å². The normalized spacial score (nSPS) is 10.2. The number of hydrogen-bond acceptors (Lipinski definition) is 3. The third-order valence-electron chi connectivity index (χ3n) is 2.46. The highest BCUT2D eigenvalue weighted by atomic mass is 19.1. The van der Waals surface area contributed by atoms with Crippen molar-refractivity contribution in [3.63, 3.8) is 0 Å². The minimum atomic E-state index is -0.331. The van der Waals surface area contributed by atoms with Crippen LogP contribution >= 0.6 is 0 Å². The second kappa shape index (κ2) is 7.66. The Morgan fingerprint density at radius 2 is 2.22 bits per heavy atom. The summed E-state index contributed by atoms with van der Waals surface area (Å²) in [5, 5.41) is 2.53. The van der Waals surface area contributed by atoms with Crippen molar-refractivity contribution in [1.29, 1.82) is 0 Å². The number of amides is 1. The maximum Gasteiger partial charge on any atom is 0.219 e. The number of ether oxygens (including phenoxy) is 1. The van der Waals surface area contributed by atoms with Crippen molar-refractivity contribution in [3.8, 4) is 5.75 Å². The zero-order valence-corrected chi connectivity index (χ0v) is 10.5. The van der Waals surface area contributed by atoms with E-state index in [1.165, 1.54) is 12.1 Å². The van der Waals surface area contributed by atoms with Crippen molar-refractivity contribution < 1.29 is 13.9 Å². The lowest BCUT2D eigenvalue weighted by Crippen LogP contribution is -2.18. The quantitative estimate of drug-likeness (QED) is 0.719. The van der Waals surface area contributed by atoms with Gasteiger partial charge < -0.3 is 15.8 Å². The van der Waals surface area contributed by atoms with Gasteiger partial charge in [-0.3, -0.25) is 4.79 Å². The van der Waals surface area contributed by atoms with Crippen LogP contribution < -0.4 is 15.8 Å². The van der Waals surface area contributed by atoms with Gasteiger partial charge in [0.25, 0.3) is 0 Å². The number of rotatable bonds is 7. The standard InChI is InChI=1S/C13H19FN2O2/c1-16-13(17)3-2-6-18-12-8-10(4-5-15)7-11(14)9-12/h7-9H,2-6,15H2,1H3,(H,16,17). The van der Waals surface area contributed by atoms with Crippen LogP contribution in [0.4, 0.5) is 4.39 Å². The SMILES string of the molecule is CNC(=O)CCCOc1cc(F)cc(CCN)c1. The lowest BCUT2D eigenvalue weighted by molar-refractivity contribution is -0.120. The summed E-state index contributed by atoms with van der Waals surface area (Å²) in [5.74, 6) is 0.124. The molecule has 4 nitrogen and oxygen atoms in total. The molecule has 0 atom stereocenters. The van der Waals surface area contributed by atoms with Gasteiger partial charge in [0.15, 0.2) is 0 Å². The number of carbonyl (C=O) groups excluding carboxylic acids is 1. The van der Waals surface area contributed by atoms with E-state index >= 15 is 0 Å². The third-order valence-corrected chi connectivity index (χ3v) is 2.46. The molecular formula is C13H19FN2O2. The average molecular weight is 254 g/mol. The molecule has 1 amide bonds. The van der Waals surface area contributed by atoms with Crippen LogP contribution in [0.25, 0.3) is 0 Å². The highest BCUT2D eigenvalue weighted by Crippen LogP contribution is 2.17. The number of nitrogens with two attached hydrogens (primary N) is 1. The third kappa shape index (κ3) is 5.14. The van der Waals surface area contributed by atoms with Gasteiger partial charge in [-0.05, 0) is 37.1 Å². The second-order valence-corrected chi connectivity index (χ2v) is 3.96. The molecule has 0 saturated carbocycles. The fraction of sp³-hybridized carbons (Fsp3) is 0.462. The molecule has 1 rings (SSSR count). The first-order valence-corrected chi connectivity index (χ1v) is 5.98. The maximum atomic E-state index is 13.3. The fourth-order valence-electron chi connectivity index (χ4n) is 1.56. The molecule has 0 aliphatic heterocycles. The predicted molar refractivity (Wildman–Crippen MR) is 68.0 cm³/mol. The average Bonchev–Trinajstić information content (AvgIpc) is 2.34.